The quantitative estimate of drug-likeness (QED) is 0.895. The van der Waals surface area contributed by atoms with Crippen LogP contribution in [-0.4, -0.2) is 15.6 Å². The molecule has 0 saturated heterocycles. The molecule has 1 heterocycles. The fourth-order valence-electron chi connectivity index (χ4n) is 3.00. The Hall–Kier alpha value is -1.77. The van der Waals surface area contributed by atoms with Crippen LogP contribution >= 0.6 is 0 Å². The van der Waals surface area contributed by atoms with Crippen molar-refractivity contribution < 1.29 is 0 Å². The zero-order valence-electron chi connectivity index (χ0n) is 12.0. The van der Waals surface area contributed by atoms with Crippen molar-refractivity contribution in [2.75, 3.05) is 5.32 Å². The minimum absolute atomic E-state index is 0.633. The molecule has 1 aliphatic rings. The van der Waals surface area contributed by atoms with E-state index in [1.165, 1.54) is 56.3 Å². The molecule has 1 aromatic heterocycles. The standard InChI is InChI=1S/C17H23N3/c1-2-4-7-15(8-5-3-1)19-16-9-6-10-17(13-16)20-12-11-18-14-20/h6,9-15,19H,1-5,7-8H2. The fraction of sp³-hybridized carbons (Fsp3) is 0.471. The van der Waals surface area contributed by atoms with Gasteiger partial charge < -0.3 is 9.88 Å². The van der Waals surface area contributed by atoms with E-state index in [9.17, 15) is 0 Å². The summed E-state index contributed by atoms with van der Waals surface area (Å²) in [5.74, 6) is 0. The van der Waals surface area contributed by atoms with E-state index in [1.807, 2.05) is 23.3 Å². The molecule has 0 radical (unpaired) electrons. The van der Waals surface area contributed by atoms with E-state index in [0.29, 0.717) is 6.04 Å². The van der Waals surface area contributed by atoms with Gasteiger partial charge in [0.1, 0.15) is 0 Å². The summed E-state index contributed by atoms with van der Waals surface area (Å²) in [7, 11) is 0. The first-order chi connectivity index (χ1) is 9.92. The van der Waals surface area contributed by atoms with E-state index in [2.05, 4.69) is 34.6 Å². The molecular weight excluding hydrogens is 246 g/mol. The third-order valence-electron chi connectivity index (χ3n) is 4.12. The Morgan fingerprint density at radius 3 is 2.60 bits per heavy atom. The average molecular weight is 269 g/mol. The van der Waals surface area contributed by atoms with Gasteiger partial charge >= 0.3 is 0 Å². The molecule has 1 aliphatic carbocycles. The Bertz CT molecular complexity index is 511. The largest absolute Gasteiger partial charge is 0.382 e. The molecule has 3 nitrogen and oxygen atoms in total. The van der Waals surface area contributed by atoms with Crippen molar-refractivity contribution in [3.8, 4) is 5.69 Å². The van der Waals surface area contributed by atoms with Gasteiger partial charge in [-0.2, -0.15) is 0 Å². The topological polar surface area (TPSA) is 29.9 Å². The second kappa shape index (κ2) is 6.60. The summed E-state index contributed by atoms with van der Waals surface area (Å²) in [5, 5.41) is 3.72. The van der Waals surface area contributed by atoms with Crippen LogP contribution < -0.4 is 5.32 Å². The average Bonchev–Trinajstić information content (AvgIpc) is 2.96. The minimum Gasteiger partial charge on any atom is -0.382 e. The predicted octanol–water partition coefficient (Wildman–Crippen LogP) is 4.40. The number of aromatic nitrogens is 2. The maximum Gasteiger partial charge on any atom is 0.0991 e. The van der Waals surface area contributed by atoms with Crippen molar-refractivity contribution in [3.05, 3.63) is 43.0 Å². The van der Waals surface area contributed by atoms with Gasteiger partial charge in [0.15, 0.2) is 0 Å². The van der Waals surface area contributed by atoms with Crippen LogP contribution in [0.4, 0.5) is 5.69 Å². The molecule has 106 valence electrons. The smallest absolute Gasteiger partial charge is 0.0991 e. The molecular formula is C17H23N3. The van der Waals surface area contributed by atoms with Gasteiger partial charge in [-0.3, -0.25) is 0 Å². The molecule has 0 unspecified atom stereocenters. The van der Waals surface area contributed by atoms with Crippen molar-refractivity contribution in [1.82, 2.24) is 9.55 Å². The molecule has 3 heteroatoms. The first kappa shape index (κ1) is 13.2. The summed E-state index contributed by atoms with van der Waals surface area (Å²) < 4.78 is 2.04. The summed E-state index contributed by atoms with van der Waals surface area (Å²) in [6.45, 7) is 0. The van der Waals surface area contributed by atoms with Crippen LogP contribution in [0, 0.1) is 0 Å². The van der Waals surface area contributed by atoms with E-state index >= 15 is 0 Å². The molecule has 0 atom stereocenters. The second-order valence-electron chi connectivity index (χ2n) is 5.71. The van der Waals surface area contributed by atoms with Gasteiger partial charge in [-0.1, -0.05) is 38.2 Å². The summed E-state index contributed by atoms with van der Waals surface area (Å²) in [5.41, 5.74) is 2.39. The summed E-state index contributed by atoms with van der Waals surface area (Å²) in [6.07, 6.45) is 15.2. The van der Waals surface area contributed by atoms with E-state index in [1.54, 1.807) is 0 Å². The Labute approximate surface area is 121 Å². The zero-order chi connectivity index (χ0) is 13.6. The van der Waals surface area contributed by atoms with Crippen LogP contribution in [0.25, 0.3) is 5.69 Å². The third-order valence-corrected chi connectivity index (χ3v) is 4.12. The first-order valence-corrected chi connectivity index (χ1v) is 7.77. The van der Waals surface area contributed by atoms with Crippen molar-refractivity contribution in [3.63, 3.8) is 0 Å². The van der Waals surface area contributed by atoms with E-state index in [0.717, 1.165) is 0 Å². The lowest BCUT2D eigenvalue weighted by Crippen LogP contribution is -2.20. The normalized spacial score (nSPS) is 17.4. The lowest BCUT2D eigenvalue weighted by atomic mass is 9.96. The molecule has 2 aromatic rings. The van der Waals surface area contributed by atoms with Crippen LogP contribution in [0.1, 0.15) is 44.9 Å². The number of nitrogens with one attached hydrogen (secondary N) is 1. The second-order valence-corrected chi connectivity index (χ2v) is 5.71. The fourth-order valence-corrected chi connectivity index (χ4v) is 3.00. The van der Waals surface area contributed by atoms with Crippen molar-refractivity contribution in [2.24, 2.45) is 0 Å². The van der Waals surface area contributed by atoms with Gasteiger partial charge in [-0.05, 0) is 31.0 Å². The van der Waals surface area contributed by atoms with Gasteiger partial charge in [0.2, 0.25) is 0 Å². The SMILES string of the molecule is c1cc(NC2CCCCCCC2)cc(-n2ccnc2)c1. The van der Waals surface area contributed by atoms with Crippen LogP contribution in [-0.2, 0) is 0 Å². The Morgan fingerprint density at radius 2 is 1.85 bits per heavy atom. The van der Waals surface area contributed by atoms with Crippen LogP contribution in [0.5, 0.6) is 0 Å². The number of hydrogen-bond acceptors (Lipinski definition) is 2. The number of anilines is 1. The van der Waals surface area contributed by atoms with Crippen LogP contribution in [0.3, 0.4) is 0 Å². The van der Waals surface area contributed by atoms with Crippen molar-refractivity contribution in [2.45, 2.75) is 51.0 Å². The molecule has 0 bridgehead atoms. The molecule has 3 rings (SSSR count). The minimum atomic E-state index is 0.633. The molecule has 20 heavy (non-hydrogen) atoms. The highest BCUT2D eigenvalue weighted by atomic mass is 15.0. The lowest BCUT2D eigenvalue weighted by molar-refractivity contribution is 0.471. The third kappa shape index (κ3) is 3.41. The van der Waals surface area contributed by atoms with E-state index in [-0.39, 0.29) is 0 Å². The molecule has 1 N–H and O–H groups in total. The van der Waals surface area contributed by atoms with Gasteiger partial charge in [0.05, 0.1) is 6.33 Å². The Balaban J connectivity index is 1.69. The number of imidazole rings is 1. The maximum atomic E-state index is 4.11. The highest BCUT2D eigenvalue weighted by Gasteiger charge is 2.11. The van der Waals surface area contributed by atoms with E-state index < -0.39 is 0 Å². The number of benzene rings is 1. The van der Waals surface area contributed by atoms with Gasteiger partial charge in [0, 0.05) is 29.8 Å². The summed E-state index contributed by atoms with van der Waals surface area (Å²) >= 11 is 0. The maximum absolute atomic E-state index is 4.11. The summed E-state index contributed by atoms with van der Waals surface area (Å²) in [6, 6.07) is 9.24. The lowest BCUT2D eigenvalue weighted by Gasteiger charge is -2.22. The molecule has 0 amide bonds. The molecule has 0 spiro atoms. The molecule has 1 aromatic carbocycles. The zero-order valence-corrected chi connectivity index (χ0v) is 12.0. The van der Waals surface area contributed by atoms with Gasteiger partial charge in [0.25, 0.3) is 0 Å². The Morgan fingerprint density at radius 1 is 1.05 bits per heavy atom. The molecule has 1 fully saturated rings. The van der Waals surface area contributed by atoms with Crippen LogP contribution in [0.2, 0.25) is 0 Å². The highest BCUT2D eigenvalue weighted by Crippen LogP contribution is 2.22. The first-order valence-electron chi connectivity index (χ1n) is 7.77. The van der Waals surface area contributed by atoms with Gasteiger partial charge in [-0.25, -0.2) is 4.98 Å². The Kier molecular flexibility index (Phi) is 4.36. The highest BCUT2D eigenvalue weighted by molar-refractivity contribution is 5.51. The predicted molar refractivity (Wildman–Crippen MR) is 83.3 cm³/mol. The monoisotopic (exact) mass is 269 g/mol. The van der Waals surface area contributed by atoms with Crippen molar-refractivity contribution >= 4 is 5.69 Å². The number of rotatable bonds is 3. The number of hydrogen-bond donors (Lipinski definition) is 1. The van der Waals surface area contributed by atoms with Crippen LogP contribution in [0.15, 0.2) is 43.0 Å². The van der Waals surface area contributed by atoms with Crippen molar-refractivity contribution in [1.29, 1.82) is 0 Å². The number of nitrogens with zero attached hydrogens (tertiary/aromatic N) is 2. The van der Waals surface area contributed by atoms with E-state index in [4.69, 9.17) is 0 Å². The molecule has 0 aliphatic heterocycles. The van der Waals surface area contributed by atoms with Gasteiger partial charge in [-0.15, -0.1) is 0 Å². The summed E-state index contributed by atoms with van der Waals surface area (Å²) in [4.78, 5) is 4.11. The molecule has 1 saturated carbocycles.